The molecule has 6 heteroatoms. The van der Waals surface area contributed by atoms with Gasteiger partial charge in [0, 0.05) is 32.7 Å². The van der Waals surface area contributed by atoms with Crippen LogP contribution in [-0.2, 0) is 16.0 Å². The summed E-state index contributed by atoms with van der Waals surface area (Å²) < 4.78 is 5.36. The van der Waals surface area contributed by atoms with E-state index in [9.17, 15) is 9.59 Å². The predicted molar refractivity (Wildman–Crippen MR) is 125 cm³/mol. The van der Waals surface area contributed by atoms with E-state index >= 15 is 0 Å². The number of piperazine rings is 1. The molecule has 1 unspecified atom stereocenters. The molecule has 2 aliphatic heterocycles. The van der Waals surface area contributed by atoms with Crippen LogP contribution in [0.5, 0.6) is 5.75 Å². The number of methoxy groups -OCH3 is 1. The molecule has 0 bridgehead atoms. The second-order valence-electron chi connectivity index (χ2n) is 8.84. The minimum absolute atomic E-state index is 0.120. The second-order valence-corrected chi connectivity index (χ2v) is 8.84. The first-order valence-electron chi connectivity index (χ1n) is 11.5. The van der Waals surface area contributed by atoms with Crippen LogP contribution >= 0.6 is 0 Å². The number of hydrogen-bond acceptors (Lipinski definition) is 4. The Labute approximate surface area is 190 Å². The van der Waals surface area contributed by atoms with Crippen molar-refractivity contribution in [2.45, 2.75) is 32.2 Å². The molecule has 2 aromatic carbocycles. The molecular formula is C26H33N3O3. The first kappa shape index (κ1) is 22.3. The lowest BCUT2D eigenvalue weighted by Crippen LogP contribution is -2.51. The summed E-state index contributed by atoms with van der Waals surface area (Å²) in [5, 5.41) is 0. The van der Waals surface area contributed by atoms with Crippen molar-refractivity contribution in [3.63, 3.8) is 0 Å². The van der Waals surface area contributed by atoms with Crippen molar-refractivity contribution in [2.75, 3.05) is 46.4 Å². The minimum atomic E-state index is 0.120. The van der Waals surface area contributed by atoms with Gasteiger partial charge in [0.05, 0.1) is 26.1 Å². The Kier molecular flexibility index (Phi) is 7.10. The highest BCUT2D eigenvalue weighted by Crippen LogP contribution is 2.33. The van der Waals surface area contributed by atoms with Gasteiger partial charge in [-0.1, -0.05) is 42.0 Å². The highest BCUT2D eigenvalue weighted by Gasteiger charge is 2.32. The molecule has 0 aliphatic carbocycles. The van der Waals surface area contributed by atoms with Gasteiger partial charge in [-0.25, -0.2) is 0 Å². The van der Waals surface area contributed by atoms with Crippen LogP contribution in [0.1, 0.15) is 35.6 Å². The number of carbonyl (C=O) groups is 2. The number of ether oxygens (including phenoxy) is 1. The Morgan fingerprint density at radius 3 is 2.44 bits per heavy atom. The van der Waals surface area contributed by atoms with Gasteiger partial charge in [0.25, 0.3) is 0 Å². The van der Waals surface area contributed by atoms with E-state index in [1.54, 1.807) is 7.11 Å². The molecule has 0 aromatic heterocycles. The quantitative estimate of drug-likeness (QED) is 0.700. The van der Waals surface area contributed by atoms with Crippen LogP contribution in [0.25, 0.3) is 0 Å². The van der Waals surface area contributed by atoms with Gasteiger partial charge in [-0.2, -0.15) is 0 Å². The SMILES string of the molecule is COc1cccc(C2CCCN2C(=O)CN2CCN(C(=O)Cc3ccc(C)cc3)CC2)c1. The summed E-state index contributed by atoms with van der Waals surface area (Å²) in [6.45, 7) is 6.10. The standard InChI is InChI=1S/C26H33N3O3/c1-20-8-10-21(11-9-20)17-25(30)28-15-13-27(14-16-28)19-26(31)29-12-4-7-24(29)22-5-3-6-23(18-22)32-2/h3,5-6,8-11,18,24H,4,7,12-17,19H2,1-2H3. The molecule has 2 saturated heterocycles. The monoisotopic (exact) mass is 435 g/mol. The highest BCUT2D eigenvalue weighted by atomic mass is 16.5. The smallest absolute Gasteiger partial charge is 0.237 e. The minimum Gasteiger partial charge on any atom is -0.497 e. The van der Waals surface area contributed by atoms with Crippen LogP contribution in [0.15, 0.2) is 48.5 Å². The van der Waals surface area contributed by atoms with Crippen molar-refractivity contribution >= 4 is 11.8 Å². The zero-order chi connectivity index (χ0) is 22.5. The van der Waals surface area contributed by atoms with Gasteiger partial charge in [-0.05, 0) is 43.0 Å². The fraction of sp³-hybridized carbons (Fsp3) is 0.462. The summed E-state index contributed by atoms with van der Waals surface area (Å²) in [7, 11) is 1.67. The van der Waals surface area contributed by atoms with Crippen molar-refractivity contribution in [1.82, 2.24) is 14.7 Å². The molecule has 0 radical (unpaired) electrons. The molecular weight excluding hydrogens is 402 g/mol. The van der Waals surface area contributed by atoms with Crippen LogP contribution in [-0.4, -0.2) is 72.9 Å². The van der Waals surface area contributed by atoms with Crippen molar-refractivity contribution in [3.8, 4) is 5.75 Å². The molecule has 4 rings (SSSR count). The number of hydrogen-bond donors (Lipinski definition) is 0. The summed E-state index contributed by atoms with van der Waals surface area (Å²) >= 11 is 0. The maximum atomic E-state index is 13.1. The molecule has 0 saturated carbocycles. The Morgan fingerprint density at radius 2 is 1.72 bits per heavy atom. The number of nitrogens with zero attached hydrogens (tertiary/aromatic N) is 3. The van der Waals surface area contributed by atoms with E-state index in [1.165, 1.54) is 5.56 Å². The molecule has 2 amide bonds. The van der Waals surface area contributed by atoms with Crippen LogP contribution in [0.2, 0.25) is 0 Å². The molecule has 0 N–H and O–H groups in total. The van der Waals surface area contributed by atoms with E-state index in [0.29, 0.717) is 26.1 Å². The molecule has 0 spiro atoms. The molecule has 6 nitrogen and oxygen atoms in total. The van der Waals surface area contributed by atoms with Crippen molar-refractivity contribution in [1.29, 1.82) is 0 Å². The van der Waals surface area contributed by atoms with Gasteiger partial charge in [0.2, 0.25) is 11.8 Å². The van der Waals surface area contributed by atoms with Crippen LogP contribution < -0.4 is 4.74 Å². The van der Waals surface area contributed by atoms with Crippen molar-refractivity contribution in [2.24, 2.45) is 0 Å². The van der Waals surface area contributed by atoms with Crippen LogP contribution in [0.3, 0.4) is 0 Å². The lowest BCUT2D eigenvalue weighted by molar-refractivity contribution is -0.135. The molecule has 1 atom stereocenters. The highest BCUT2D eigenvalue weighted by molar-refractivity contribution is 5.80. The molecule has 2 aromatic rings. The normalized spacial score (nSPS) is 19.2. The van der Waals surface area contributed by atoms with Gasteiger partial charge < -0.3 is 14.5 Å². The largest absolute Gasteiger partial charge is 0.497 e. The van der Waals surface area contributed by atoms with Gasteiger partial charge >= 0.3 is 0 Å². The third-order valence-electron chi connectivity index (χ3n) is 6.61. The third-order valence-corrected chi connectivity index (χ3v) is 6.61. The lowest BCUT2D eigenvalue weighted by atomic mass is 10.0. The van der Waals surface area contributed by atoms with E-state index in [0.717, 1.165) is 49.4 Å². The third kappa shape index (κ3) is 5.30. The molecule has 2 aliphatic rings. The van der Waals surface area contributed by atoms with E-state index in [1.807, 2.05) is 59.2 Å². The summed E-state index contributed by atoms with van der Waals surface area (Å²) in [6, 6.07) is 16.3. The summed E-state index contributed by atoms with van der Waals surface area (Å²) in [4.78, 5) is 31.9. The molecule has 2 fully saturated rings. The molecule has 32 heavy (non-hydrogen) atoms. The van der Waals surface area contributed by atoms with Crippen LogP contribution in [0, 0.1) is 6.92 Å². The van der Waals surface area contributed by atoms with Crippen LogP contribution in [0.4, 0.5) is 0 Å². The average Bonchev–Trinajstić information content (AvgIpc) is 3.31. The first-order chi connectivity index (χ1) is 15.5. The summed E-state index contributed by atoms with van der Waals surface area (Å²) in [5.41, 5.74) is 3.39. The second kappa shape index (κ2) is 10.2. The maximum Gasteiger partial charge on any atom is 0.237 e. The van der Waals surface area contributed by atoms with Gasteiger partial charge in [-0.3, -0.25) is 14.5 Å². The Hall–Kier alpha value is -2.86. The topological polar surface area (TPSA) is 53.1 Å². The fourth-order valence-corrected chi connectivity index (χ4v) is 4.69. The van der Waals surface area contributed by atoms with E-state index in [4.69, 9.17) is 4.74 Å². The molecule has 2 heterocycles. The molecule has 170 valence electrons. The fourth-order valence-electron chi connectivity index (χ4n) is 4.69. The van der Waals surface area contributed by atoms with Crippen molar-refractivity contribution < 1.29 is 14.3 Å². The average molecular weight is 436 g/mol. The maximum absolute atomic E-state index is 13.1. The zero-order valence-corrected chi connectivity index (χ0v) is 19.1. The Balaban J connectivity index is 1.28. The number of carbonyl (C=O) groups excluding carboxylic acids is 2. The number of rotatable bonds is 6. The summed E-state index contributed by atoms with van der Waals surface area (Å²) in [5.74, 6) is 1.17. The Bertz CT molecular complexity index is 936. The first-order valence-corrected chi connectivity index (χ1v) is 11.5. The van der Waals surface area contributed by atoms with Gasteiger partial charge in [0.1, 0.15) is 5.75 Å². The zero-order valence-electron chi connectivity index (χ0n) is 19.1. The van der Waals surface area contributed by atoms with Gasteiger partial charge in [0.15, 0.2) is 0 Å². The predicted octanol–water partition coefficient (Wildman–Crippen LogP) is 3.05. The van der Waals surface area contributed by atoms with Crippen molar-refractivity contribution in [3.05, 3.63) is 65.2 Å². The Morgan fingerprint density at radius 1 is 0.969 bits per heavy atom. The number of benzene rings is 2. The summed E-state index contributed by atoms with van der Waals surface area (Å²) in [6.07, 6.45) is 2.45. The van der Waals surface area contributed by atoms with E-state index < -0.39 is 0 Å². The van der Waals surface area contributed by atoms with Gasteiger partial charge in [-0.15, -0.1) is 0 Å². The van der Waals surface area contributed by atoms with E-state index in [-0.39, 0.29) is 17.9 Å². The number of likely N-dealkylation sites (tertiary alicyclic amines) is 1. The lowest BCUT2D eigenvalue weighted by Gasteiger charge is -2.36. The number of amides is 2. The number of aryl methyl sites for hydroxylation is 1. The van der Waals surface area contributed by atoms with E-state index in [2.05, 4.69) is 11.0 Å².